The zero-order valence-electron chi connectivity index (χ0n) is 15.4. The van der Waals surface area contributed by atoms with Gasteiger partial charge in [0.15, 0.2) is 0 Å². The minimum absolute atomic E-state index is 0.142. The van der Waals surface area contributed by atoms with Crippen molar-refractivity contribution in [3.05, 3.63) is 65.9 Å². The van der Waals surface area contributed by atoms with Crippen LogP contribution in [0.25, 0.3) is 10.8 Å². The molecule has 0 radical (unpaired) electrons. The molecule has 0 bridgehead atoms. The molecule has 0 spiro atoms. The van der Waals surface area contributed by atoms with Crippen molar-refractivity contribution in [1.82, 2.24) is 4.98 Å². The fourth-order valence-corrected chi connectivity index (χ4v) is 3.41. The molecule has 0 unspecified atom stereocenters. The van der Waals surface area contributed by atoms with Crippen molar-refractivity contribution in [2.45, 2.75) is 13.3 Å². The highest BCUT2D eigenvalue weighted by Gasteiger charge is 2.19. The van der Waals surface area contributed by atoms with Gasteiger partial charge in [-0.3, -0.25) is 4.79 Å². The first-order chi connectivity index (χ1) is 13.3. The molecule has 4 rings (SSSR count). The van der Waals surface area contributed by atoms with Crippen LogP contribution in [0.5, 0.6) is 0 Å². The number of ether oxygens (including phenoxy) is 1. The van der Waals surface area contributed by atoms with Crippen LogP contribution in [0.1, 0.15) is 22.8 Å². The van der Waals surface area contributed by atoms with E-state index in [4.69, 9.17) is 4.74 Å². The summed E-state index contributed by atoms with van der Waals surface area (Å²) in [5, 5.41) is 4.90. The van der Waals surface area contributed by atoms with E-state index in [2.05, 4.69) is 22.1 Å². The van der Waals surface area contributed by atoms with Gasteiger partial charge in [-0.25, -0.2) is 4.98 Å². The van der Waals surface area contributed by atoms with Crippen molar-refractivity contribution in [3.8, 4) is 0 Å². The molecular formula is C22H23N3O2. The minimum atomic E-state index is -0.142. The number of morpholine rings is 1. The number of carbonyl (C=O) groups excluding carboxylic acids is 1. The molecule has 1 amide bonds. The smallest absolute Gasteiger partial charge is 0.257 e. The molecule has 3 aromatic rings. The summed E-state index contributed by atoms with van der Waals surface area (Å²) >= 11 is 0. The Hall–Kier alpha value is -2.92. The quantitative estimate of drug-likeness (QED) is 0.766. The Bertz CT molecular complexity index is 947. The standard InChI is InChI=1S/C22H23N3O2/c1-2-16-7-9-17(10-8-16)24-22(26)20-15-23-21(25-11-13-27-14-12-25)19-6-4-3-5-18(19)20/h3-10,15H,2,11-14H2,1H3,(H,24,26). The van der Waals surface area contributed by atoms with Crippen LogP contribution in [-0.4, -0.2) is 37.2 Å². The summed E-state index contributed by atoms with van der Waals surface area (Å²) in [6.07, 6.45) is 2.66. The fraction of sp³-hybridized carbons (Fsp3) is 0.273. The average molecular weight is 361 g/mol. The lowest BCUT2D eigenvalue weighted by Crippen LogP contribution is -2.37. The molecule has 2 aromatic carbocycles. The normalized spacial score (nSPS) is 14.3. The summed E-state index contributed by atoms with van der Waals surface area (Å²) < 4.78 is 5.44. The first kappa shape index (κ1) is 17.5. The van der Waals surface area contributed by atoms with Crippen molar-refractivity contribution in [2.75, 3.05) is 36.5 Å². The summed E-state index contributed by atoms with van der Waals surface area (Å²) in [6.45, 7) is 5.14. The Morgan fingerprint density at radius 2 is 1.78 bits per heavy atom. The maximum atomic E-state index is 12.9. The lowest BCUT2D eigenvalue weighted by atomic mass is 10.1. The first-order valence-electron chi connectivity index (χ1n) is 9.37. The van der Waals surface area contributed by atoms with Crippen LogP contribution >= 0.6 is 0 Å². The first-order valence-corrected chi connectivity index (χ1v) is 9.37. The van der Waals surface area contributed by atoms with Gasteiger partial charge in [0.1, 0.15) is 5.82 Å². The predicted octanol–water partition coefficient (Wildman–Crippen LogP) is 3.89. The molecule has 1 aromatic heterocycles. The third-order valence-corrected chi connectivity index (χ3v) is 4.95. The number of pyridine rings is 1. The van der Waals surface area contributed by atoms with Gasteiger partial charge in [0.2, 0.25) is 0 Å². The van der Waals surface area contributed by atoms with E-state index >= 15 is 0 Å². The van der Waals surface area contributed by atoms with E-state index in [1.54, 1.807) is 6.20 Å². The number of carbonyl (C=O) groups is 1. The van der Waals surface area contributed by atoms with E-state index in [0.29, 0.717) is 18.8 Å². The number of nitrogens with zero attached hydrogens (tertiary/aromatic N) is 2. The van der Waals surface area contributed by atoms with Gasteiger partial charge in [-0.15, -0.1) is 0 Å². The zero-order chi connectivity index (χ0) is 18.6. The molecule has 27 heavy (non-hydrogen) atoms. The number of amides is 1. The van der Waals surface area contributed by atoms with Crippen LogP contribution in [0.3, 0.4) is 0 Å². The molecule has 5 nitrogen and oxygen atoms in total. The second-order valence-corrected chi connectivity index (χ2v) is 6.65. The zero-order valence-corrected chi connectivity index (χ0v) is 15.4. The fourth-order valence-electron chi connectivity index (χ4n) is 3.41. The highest BCUT2D eigenvalue weighted by Crippen LogP contribution is 2.28. The number of fused-ring (bicyclic) bond motifs is 1. The summed E-state index contributed by atoms with van der Waals surface area (Å²) in [5.74, 6) is 0.772. The topological polar surface area (TPSA) is 54.5 Å². The van der Waals surface area contributed by atoms with Gasteiger partial charge in [-0.2, -0.15) is 0 Å². The van der Waals surface area contributed by atoms with Crippen LogP contribution in [0.2, 0.25) is 0 Å². The second kappa shape index (κ2) is 7.76. The number of hydrogen-bond acceptors (Lipinski definition) is 4. The van der Waals surface area contributed by atoms with Gasteiger partial charge in [0, 0.05) is 30.4 Å². The summed E-state index contributed by atoms with van der Waals surface area (Å²) in [5.41, 5.74) is 2.62. The number of benzene rings is 2. The lowest BCUT2D eigenvalue weighted by molar-refractivity contribution is 0.102. The molecular weight excluding hydrogens is 338 g/mol. The number of rotatable bonds is 4. The summed E-state index contributed by atoms with van der Waals surface area (Å²) in [7, 11) is 0. The van der Waals surface area contributed by atoms with Crippen LogP contribution < -0.4 is 10.2 Å². The molecule has 0 atom stereocenters. The van der Waals surface area contributed by atoms with Gasteiger partial charge in [0.05, 0.1) is 18.8 Å². The third-order valence-electron chi connectivity index (χ3n) is 4.95. The van der Waals surface area contributed by atoms with Gasteiger partial charge in [-0.05, 0) is 29.5 Å². The largest absolute Gasteiger partial charge is 0.378 e. The van der Waals surface area contributed by atoms with E-state index in [0.717, 1.165) is 41.8 Å². The Kier molecular flexibility index (Phi) is 5.03. The minimum Gasteiger partial charge on any atom is -0.378 e. The molecule has 2 heterocycles. The molecule has 1 N–H and O–H groups in total. The predicted molar refractivity (Wildman–Crippen MR) is 109 cm³/mol. The highest BCUT2D eigenvalue weighted by atomic mass is 16.5. The molecule has 1 aliphatic rings. The van der Waals surface area contributed by atoms with E-state index in [1.165, 1.54) is 5.56 Å². The van der Waals surface area contributed by atoms with Gasteiger partial charge in [-0.1, -0.05) is 43.3 Å². The van der Waals surface area contributed by atoms with E-state index < -0.39 is 0 Å². The number of nitrogens with one attached hydrogen (secondary N) is 1. The maximum absolute atomic E-state index is 12.9. The third kappa shape index (κ3) is 3.64. The van der Waals surface area contributed by atoms with Crippen molar-refractivity contribution in [2.24, 2.45) is 0 Å². The Labute approximate surface area is 159 Å². The molecule has 1 fully saturated rings. The number of aryl methyl sites for hydroxylation is 1. The van der Waals surface area contributed by atoms with Gasteiger partial charge in [0.25, 0.3) is 5.91 Å². The van der Waals surface area contributed by atoms with Crippen LogP contribution in [0.15, 0.2) is 54.7 Å². The molecule has 1 saturated heterocycles. The maximum Gasteiger partial charge on any atom is 0.257 e. The van der Waals surface area contributed by atoms with Gasteiger partial charge < -0.3 is 15.0 Å². The van der Waals surface area contributed by atoms with E-state index in [9.17, 15) is 4.79 Å². The van der Waals surface area contributed by atoms with Crippen LogP contribution in [0, 0.1) is 0 Å². The number of aromatic nitrogens is 1. The number of anilines is 2. The van der Waals surface area contributed by atoms with E-state index in [1.807, 2.05) is 48.5 Å². The molecule has 1 aliphatic heterocycles. The van der Waals surface area contributed by atoms with Crippen molar-refractivity contribution < 1.29 is 9.53 Å². The second-order valence-electron chi connectivity index (χ2n) is 6.65. The SMILES string of the molecule is CCc1ccc(NC(=O)c2cnc(N3CCOCC3)c3ccccc23)cc1. The highest BCUT2D eigenvalue weighted by molar-refractivity contribution is 6.14. The Morgan fingerprint density at radius 1 is 1.07 bits per heavy atom. The van der Waals surface area contributed by atoms with Crippen LogP contribution in [0.4, 0.5) is 11.5 Å². The summed E-state index contributed by atoms with van der Waals surface area (Å²) in [4.78, 5) is 19.7. The van der Waals surface area contributed by atoms with Crippen LogP contribution in [-0.2, 0) is 11.2 Å². The van der Waals surface area contributed by atoms with E-state index in [-0.39, 0.29) is 5.91 Å². The average Bonchev–Trinajstić information content (AvgIpc) is 2.74. The Balaban J connectivity index is 1.66. The monoisotopic (exact) mass is 361 g/mol. The molecule has 5 heteroatoms. The number of hydrogen-bond donors (Lipinski definition) is 1. The summed E-state index contributed by atoms with van der Waals surface area (Å²) in [6, 6.07) is 15.9. The molecule has 0 aliphatic carbocycles. The van der Waals surface area contributed by atoms with Crippen molar-refractivity contribution in [1.29, 1.82) is 0 Å². The van der Waals surface area contributed by atoms with Gasteiger partial charge >= 0.3 is 0 Å². The van der Waals surface area contributed by atoms with Crippen molar-refractivity contribution in [3.63, 3.8) is 0 Å². The van der Waals surface area contributed by atoms with Crippen molar-refractivity contribution >= 4 is 28.2 Å². The molecule has 0 saturated carbocycles. The Morgan fingerprint density at radius 3 is 2.48 bits per heavy atom. The molecule has 138 valence electrons. The lowest BCUT2D eigenvalue weighted by Gasteiger charge is -2.29.